The quantitative estimate of drug-likeness (QED) is 0.358. The number of hydrogen-bond donors (Lipinski definition) is 1. The van der Waals surface area contributed by atoms with Crippen LogP contribution in [0.15, 0.2) is 24.3 Å². The summed E-state index contributed by atoms with van der Waals surface area (Å²) in [7, 11) is 0. The van der Waals surface area contributed by atoms with Gasteiger partial charge in [-0.2, -0.15) is 0 Å². The first-order valence-electron chi connectivity index (χ1n) is 9.74. The molecule has 0 bridgehead atoms. The van der Waals surface area contributed by atoms with E-state index in [1.54, 1.807) is 12.1 Å². The molecule has 0 amide bonds. The molecule has 132 valence electrons. The molecule has 23 heavy (non-hydrogen) atoms. The molecular formula is C21H36O2. The lowest BCUT2D eigenvalue weighted by atomic mass is 10.0. The SMILES string of the molecule is CCCCCCCCCCCCCCCOc1cccc(O)c1. The van der Waals surface area contributed by atoms with E-state index in [0.717, 1.165) is 18.8 Å². The summed E-state index contributed by atoms with van der Waals surface area (Å²) < 4.78 is 5.63. The minimum Gasteiger partial charge on any atom is -0.508 e. The molecule has 0 unspecified atom stereocenters. The molecule has 1 aromatic carbocycles. The van der Waals surface area contributed by atoms with Crippen molar-refractivity contribution < 1.29 is 9.84 Å². The Hall–Kier alpha value is -1.18. The summed E-state index contributed by atoms with van der Waals surface area (Å²) in [5, 5.41) is 9.35. The lowest BCUT2D eigenvalue weighted by molar-refractivity contribution is 0.302. The zero-order valence-corrected chi connectivity index (χ0v) is 15.1. The largest absolute Gasteiger partial charge is 0.508 e. The van der Waals surface area contributed by atoms with Gasteiger partial charge in [-0.25, -0.2) is 0 Å². The van der Waals surface area contributed by atoms with Gasteiger partial charge in [-0.3, -0.25) is 0 Å². The smallest absolute Gasteiger partial charge is 0.122 e. The molecule has 1 N–H and O–H groups in total. The first kappa shape index (κ1) is 19.9. The van der Waals surface area contributed by atoms with Crippen molar-refractivity contribution in [1.82, 2.24) is 0 Å². The highest BCUT2D eigenvalue weighted by Gasteiger charge is 1.96. The molecule has 1 aromatic rings. The fourth-order valence-corrected chi connectivity index (χ4v) is 2.88. The van der Waals surface area contributed by atoms with E-state index in [9.17, 15) is 5.11 Å². The number of hydrogen-bond acceptors (Lipinski definition) is 2. The molecule has 2 heteroatoms. The van der Waals surface area contributed by atoms with Crippen LogP contribution in [0.25, 0.3) is 0 Å². The van der Waals surface area contributed by atoms with Gasteiger partial charge in [-0.05, 0) is 18.6 Å². The van der Waals surface area contributed by atoms with E-state index in [4.69, 9.17) is 4.74 Å². The van der Waals surface area contributed by atoms with E-state index in [0.29, 0.717) is 0 Å². The summed E-state index contributed by atoms with van der Waals surface area (Å²) in [6.45, 7) is 3.03. The molecule has 2 nitrogen and oxygen atoms in total. The number of phenols is 1. The molecule has 0 atom stereocenters. The van der Waals surface area contributed by atoms with Crippen LogP contribution in [0.2, 0.25) is 0 Å². The molecule has 0 spiro atoms. The first-order chi connectivity index (χ1) is 11.3. The van der Waals surface area contributed by atoms with Crippen molar-refractivity contribution in [2.24, 2.45) is 0 Å². The van der Waals surface area contributed by atoms with Gasteiger partial charge < -0.3 is 9.84 Å². The standard InChI is InChI=1S/C21H36O2/c1-2-3-4-5-6-7-8-9-10-11-12-13-14-18-23-21-17-15-16-20(22)19-21/h15-17,19,22H,2-14,18H2,1H3. The summed E-state index contributed by atoms with van der Waals surface area (Å²) in [4.78, 5) is 0. The molecule has 1 rings (SSSR count). The highest BCUT2D eigenvalue weighted by atomic mass is 16.5. The highest BCUT2D eigenvalue weighted by Crippen LogP contribution is 2.18. The molecule has 0 aliphatic carbocycles. The molecule has 0 fully saturated rings. The molecule has 0 radical (unpaired) electrons. The lowest BCUT2D eigenvalue weighted by Gasteiger charge is -2.06. The van der Waals surface area contributed by atoms with E-state index >= 15 is 0 Å². The zero-order chi connectivity index (χ0) is 16.6. The predicted octanol–water partition coefficient (Wildman–Crippen LogP) is 6.86. The van der Waals surface area contributed by atoms with Gasteiger partial charge in [0.25, 0.3) is 0 Å². The van der Waals surface area contributed by atoms with Crippen LogP contribution in [0, 0.1) is 0 Å². The van der Waals surface area contributed by atoms with Crippen molar-refractivity contribution in [3.63, 3.8) is 0 Å². The Morgan fingerprint density at radius 2 is 1.26 bits per heavy atom. The second kappa shape index (κ2) is 14.4. The van der Waals surface area contributed by atoms with Crippen molar-refractivity contribution in [1.29, 1.82) is 0 Å². The average Bonchev–Trinajstić information content (AvgIpc) is 2.55. The maximum Gasteiger partial charge on any atom is 0.122 e. The van der Waals surface area contributed by atoms with Crippen LogP contribution in [0.5, 0.6) is 11.5 Å². The Balaban J connectivity index is 1.78. The van der Waals surface area contributed by atoms with Crippen molar-refractivity contribution in [3.05, 3.63) is 24.3 Å². The van der Waals surface area contributed by atoms with Gasteiger partial charge in [0.05, 0.1) is 6.61 Å². The Kier molecular flexibility index (Phi) is 12.5. The fourth-order valence-electron chi connectivity index (χ4n) is 2.88. The van der Waals surface area contributed by atoms with Gasteiger partial charge >= 0.3 is 0 Å². The summed E-state index contributed by atoms with van der Waals surface area (Å²) in [6.07, 6.45) is 17.8. The fraction of sp³-hybridized carbons (Fsp3) is 0.714. The Morgan fingerprint density at radius 3 is 1.78 bits per heavy atom. The maximum atomic E-state index is 9.35. The first-order valence-corrected chi connectivity index (χ1v) is 9.74. The van der Waals surface area contributed by atoms with Gasteiger partial charge in [0, 0.05) is 6.07 Å². The Labute approximate surface area is 143 Å². The van der Waals surface area contributed by atoms with Crippen molar-refractivity contribution in [3.8, 4) is 11.5 Å². The van der Waals surface area contributed by atoms with Gasteiger partial charge in [0.15, 0.2) is 0 Å². The number of aromatic hydroxyl groups is 1. The number of rotatable bonds is 15. The third-order valence-electron chi connectivity index (χ3n) is 4.33. The third kappa shape index (κ3) is 12.0. The third-order valence-corrected chi connectivity index (χ3v) is 4.33. The average molecular weight is 321 g/mol. The van der Waals surface area contributed by atoms with E-state index in [-0.39, 0.29) is 5.75 Å². The highest BCUT2D eigenvalue weighted by molar-refractivity contribution is 5.31. The van der Waals surface area contributed by atoms with Gasteiger partial charge in [0.2, 0.25) is 0 Å². The number of ether oxygens (including phenoxy) is 1. The number of benzene rings is 1. The Morgan fingerprint density at radius 1 is 0.739 bits per heavy atom. The van der Waals surface area contributed by atoms with Crippen LogP contribution < -0.4 is 4.74 Å². The second-order valence-corrected chi connectivity index (χ2v) is 6.59. The van der Waals surface area contributed by atoms with Crippen molar-refractivity contribution >= 4 is 0 Å². The molecule has 0 saturated carbocycles. The Bertz CT molecular complexity index is 376. The molecule has 0 aliphatic rings. The molecule has 0 heterocycles. The molecule has 0 aromatic heterocycles. The van der Waals surface area contributed by atoms with E-state index in [1.807, 2.05) is 12.1 Å². The van der Waals surface area contributed by atoms with E-state index in [2.05, 4.69) is 6.92 Å². The molecule has 0 saturated heterocycles. The maximum absolute atomic E-state index is 9.35. The van der Waals surface area contributed by atoms with E-state index in [1.165, 1.54) is 77.0 Å². The normalized spacial score (nSPS) is 10.8. The predicted molar refractivity (Wildman–Crippen MR) is 99.3 cm³/mol. The summed E-state index contributed by atoms with van der Waals surface area (Å²) in [5.41, 5.74) is 0. The molecular weight excluding hydrogens is 284 g/mol. The minimum atomic E-state index is 0.271. The van der Waals surface area contributed by atoms with Crippen molar-refractivity contribution in [2.45, 2.75) is 90.4 Å². The second-order valence-electron chi connectivity index (χ2n) is 6.59. The van der Waals surface area contributed by atoms with Crippen molar-refractivity contribution in [2.75, 3.05) is 6.61 Å². The van der Waals surface area contributed by atoms with Crippen LogP contribution in [-0.2, 0) is 0 Å². The van der Waals surface area contributed by atoms with Crippen LogP contribution in [0.3, 0.4) is 0 Å². The zero-order valence-electron chi connectivity index (χ0n) is 15.1. The van der Waals surface area contributed by atoms with Gasteiger partial charge in [-0.15, -0.1) is 0 Å². The van der Waals surface area contributed by atoms with Crippen LogP contribution >= 0.6 is 0 Å². The number of unbranched alkanes of at least 4 members (excludes halogenated alkanes) is 12. The van der Waals surface area contributed by atoms with E-state index < -0.39 is 0 Å². The van der Waals surface area contributed by atoms with Crippen LogP contribution in [0.4, 0.5) is 0 Å². The van der Waals surface area contributed by atoms with Gasteiger partial charge in [0.1, 0.15) is 11.5 Å². The van der Waals surface area contributed by atoms with Crippen LogP contribution in [-0.4, -0.2) is 11.7 Å². The monoisotopic (exact) mass is 320 g/mol. The number of phenolic OH excluding ortho intramolecular Hbond substituents is 1. The van der Waals surface area contributed by atoms with Gasteiger partial charge in [-0.1, -0.05) is 90.0 Å². The summed E-state index contributed by atoms with van der Waals surface area (Å²) in [6, 6.07) is 7.04. The minimum absolute atomic E-state index is 0.271. The topological polar surface area (TPSA) is 29.5 Å². The molecule has 0 aliphatic heterocycles. The summed E-state index contributed by atoms with van der Waals surface area (Å²) >= 11 is 0. The lowest BCUT2D eigenvalue weighted by Crippen LogP contribution is -1.97. The van der Waals surface area contributed by atoms with Crippen LogP contribution in [0.1, 0.15) is 90.4 Å². The summed E-state index contributed by atoms with van der Waals surface area (Å²) in [5.74, 6) is 1.04.